The van der Waals surface area contributed by atoms with Gasteiger partial charge in [-0.3, -0.25) is 14.5 Å². The third-order valence-corrected chi connectivity index (χ3v) is 4.33. The average molecular weight is 358 g/mol. The highest BCUT2D eigenvalue weighted by molar-refractivity contribution is 6.31. The fourth-order valence-electron chi connectivity index (χ4n) is 2.43. The van der Waals surface area contributed by atoms with E-state index in [1.165, 1.54) is 0 Å². The van der Waals surface area contributed by atoms with Gasteiger partial charge in [-0.25, -0.2) is 4.79 Å². The molecule has 1 aliphatic heterocycles. The largest absolute Gasteiger partial charge is 0.329 e. The molecule has 1 heterocycles. The van der Waals surface area contributed by atoms with Crippen LogP contribution in [0.3, 0.4) is 0 Å². The van der Waals surface area contributed by atoms with Gasteiger partial charge < -0.3 is 10.6 Å². The number of amides is 4. The maximum Gasteiger partial charge on any atom is 0.324 e. The van der Waals surface area contributed by atoms with Crippen LogP contribution in [0.2, 0.25) is 5.02 Å². The van der Waals surface area contributed by atoms with Crippen molar-refractivity contribution in [3.63, 3.8) is 0 Å². The summed E-state index contributed by atoms with van der Waals surface area (Å²) < 4.78 is 0. The summed E-state index contributed by atoms with van der Waals surface area (Å²) in [5, 5.41) is 5.83. The summed E-state index contributed by atoms with van der Waals surface area (Å²) in [5.41, 5.74) is 2.78. The minimum absolute atomic E-state index is 0.0262. The molecule has 0 spiro atoms. The predicted octanol–water partition coefficient (Wildman–Crippen LogP) is 2.95. The number of imide groups is 1. The van der Waals surface area contributed by atoms with Crippen molar-refractivity contribution in [1.29, 1.82) is 0 Å². The summed E-state index contributed by atoms with van der Waals surface area (Å²) in [5.74, 6) is -0.524. The van der Waals surface area contributed by atoms with Crippen LogP contribution in [0.1, 0.15) is 21.5 Å². The zero-order valence-corrected chi connectivity index (χ0v) is 14.3. The molecule has 0 unspecified atom stereocenters. The van der Waals surface area contributed by atoms with Crippen LogP contribution in [0.25, 0.3) is 0 Å². The Kier molecular flexibility index (Phi) is 4.72. The lowest BCUT2D eigenvalue weighted by Gasteiger charge is -2.12. The van der Waals surface area contributed by atoms with E-state index in [0.29, 0.717) is 16.3 Å². The fraction of sp³-hybridized carbons (Fsp3) is 0.167. The summed E-state index contributed by atoms with van der Waals surface area (Å²) in [6, 6.07) is 11.7. The molecule has 1 fully saturated rings. The third-order valence-electron chi connectivity index (χ3n) is 3.92. The van der Waals surface area contributed by atoms with Gasteiger partial charge in [-0.2, -0.15) is 0 Å². The van der Waals surface area contributed by atoms with E-state index in [-0.39, 0.29) is 24.9 Å². The van der Waals surface area contributed by atoms with Gasteiger partial charge in [0.05, 0.1) is 13.1 Å². The van der Waals surface area contributed by atoms with Gasteiger partial charge in [0, 0.05) is 16.3 Å². The third kappa shape index (κ3) is 3.80. The van der Waals surface area contributed by atoms with Crippen molar-refractivity contribution in [3.05, 3.63) is 64.2 Å². The number of anilines is 1. The molecule has 25 heavy (non-hydrogen) atoms. The molecule has 4 amide bonds. The number of rotatable bonds is 4. The lowest BCUT2D eigenvalue weighted by molar-refractivity contribution is -0.125. The second kappa shape index (κ2) is 6.94. The number of aryl methyl sites for hydroxylation is 1. The lowest BCUT2D eigenvalue weighted by atomic mass is 10.1. The van der Waals surface area contributed by atoms with Crippen molar-refractivity contribution in [2.45, 2.75) is 13.5 Å². The zero-order chi connectivity index (χ0) is 18.0. The quantitative estimate of drug-likeness (QED) is 0.826. The SMILES string of the molecule is Cc1ccc(NC(=O)c2ccc(CN3C(=O)CNC3=O)cc2)cc1Cl. The number of benzene rings is 2. The molecule has 0 aromatic heterocycles. The summed E-state index contributed by atoms with van der Waals surface area (Å²) >= 11 is 6.05. The van der Waals surface area contributed by atoms with E-state index in [4.69, 9.17) is 11.6 Å². The van der Waals surface area contributed by atoms with Crippen LogP contribution in [0.5, 0.6) is 0 Å². The maximum atomic E-state index is 12.3. The van der Waals surface area contributed by atoms with Gasteiger partial charge in [0.2, 0.25) is 5.91 Å². The molecule has 0 radical (unpaired) electrons. The van der Waals surface area contributed by atoms with Gasteiger partial charge in [-0.15, -0.1) is 0 Å². The Morgan fingerprint density at radius 3 is 2.52 bits per heavy atom. The second-order valence-electron chi connectivity index (χ2n) is 5.75. The molecule has 7 heteroatoms. The minimum Gasteiger partial charge on any atom is -0.329 e. The number of hydrogen-bond acceptors (Lipinski definition) is 3. The van der Waals surface area contributed by atoms with Crippen molar-refractivity contribution in [1.82, 2.24) is 10.2 Å². The molecule has 1 aliphatic rings. The van der Waals surface area contributed by atoms with Crippen LogP contribution in [0, 0.1) is 6.92 Å². The van der Waals surface area contributed by atoms with Crippen LogP contribution in [-0.2, 0) is 11.3 Å². The van der Waals surface area contributed by atoms with Gasteiger partial charge in [0.15, 0.2) is 0 Å². The highest BCUT2D eigenvalue weighted by atomic mass is 35.5. The van der Waals surface area contributed by atoms with Crippen LogP contribution in [0.4, 0.5) is 10.5 Å². The van der Waals surface area contributed by atoms with E-state index in [1.54, 1.807) is 36.4 Å². The number of halogens is 1. The van der Waals surface area contributed by atoms with Crippen LogP contribution >= 0.6 is 11.6 Å². The van der Waals surface area contributed by atoms with Crippen molar-refractivity contribution in [2.75, 3.05) is 11.9 Å². The Bertz CT molecular complexity index is 833. The Hall–Kier alpha value is -2.86. The van der Waals surface area contributed by atoms with Crippen LogP contribution in [-0.4, -0.2) is 29.3 Å². The standard InChI is InChI=1S/C18H16ClN3O3/c1-11-2-7-14(8-15(11)19)21-17(24)13-5-3-12(4-6-13)10-22-16(23)9-20-18(22)25/h2-8H,9-10H2,1H3,(H,20,25)(H,21,24). The Labute approximate surface area is 149 Å². The van der Waals surface area contributed by atoms with Gasteiger partial charge in [0.25, 0.3) is 5.91 Å². The summed E-state index contributed by atoms with van der Waals surface area (Å²) in [6.45, 7) is 2.09. The summed E-state index contributed by atoms with van der Waals surface area (Å²) in [7, 11) is 0. The lowest BCUT2D eigenvalue weighted by Crippen LogP contribution is -2.30. The number of urea groups is 1. The number of carbonyl (C=O) groups is 3. The number of nitrogens with one attached hydrogen (secondary N) is 2. The Morgan fingerprint density at radius 1 is 1.20 bits per heavy atom. The van der Waals surface area contributed by atoms with Crippen molar-refractivity contribution < 1.29 is 14.4 Å². The molecule has 0 aliphatic carbocycles. The fourth-order valence-corrected chi connectivity index (χ4v) is 2.61. The zero-order valence-electron chi connectivity index (χ0n) is 13.5. The number of hydrogen-bond donors (Lipinski definition) is 2. The predicted molar refractivity (Wildman–Crippen MR) is 94.5 cm³/mol. The maximum absolute atomic E-state index is 12.3. The first-order valence-corrected chi connectivity index (χ1v) is 8.06. The topological polar surface area (TPSA) is 78.5 Å². The molecule has 3 rings (SSSR count). The van der Waals surface area contributed by atoms with E-state index in [2.05, 4.69) is 10.6 Å². The molecular weight excluding hydrogens is 342 g/mol. The monoisotopic (exact) mass is 357 g/mol. The van der Waals surface area contributed by atoms with E-state index in [0.717, 1.165) is 16.0 Å². The smallest absolute Gasteiger partial charge is 0.324 e. The molecule has 6 nitrogen and oxygen atoms in total. The molecular formula is C18H16ClN3O3. The first-order valence-electron chi connectivity index (χ1n) is 7.68. The number of nitrogens with zero attached hydrogens (tertiary/aromatic N) is 1. The highest BCUT2D eigenvalue weighted by Crippen LogP contribution is 2.20. The summed E-state index contributed by atoms with van der Waals surface area (Å²) in [6.07, 6.45) is 0. The normalized spacial score (nSPS) is 13.8. The van der Waals surface area contributed by atoms with Gasteiger partial charge in [-0.1, -0.05) is 29.8 Å². The van der Waals surface area contributed by atoms with Crippen LogP contribution in [0.15, 0.2) is 42.5 Å². The van der Waals surface area contributed by atoms with E-state index in [9.17, 15) is 14.4 Å². The van der Waals surface area contributed by atoms with E-state index in [1.807, 2.05) is 13.0 Å². The molecule has 2 aromatic rings. The second-order valence-corrected chi connectivity index (χ2v) is 6.16. The first-order chi connectivity index (χ1) is 11.9. The molecule has 128 valence electrons. The minimum atomic E-state index is -0.400. The van der Waals surface area contributed by atoms with Crippen molar-refractivity contribution >= 4 is 35.1 Å². The molecule has 2 N–H and O–H groups in total. The molecule has 1 saturated heterocycles. The van der Waals surface area contributed by atoms with E-state index < -0.39 is 6.03 Å². The molecule has 0 saturated carbocycles. The Morgan fingerprint density at radius 2 is 1.92 bits per heavy atom. The van der Waals surface area contributed by atoms with Gasteiger partial charge >= 0.3 is 6.03 Å². The highest BCUT2D eigenvalue weighted by Gasteiger charge is 2.28. The van der Waals surface area contributed by atoms with Crippen molar-refractivity contribution in [3.8, 4) is 0 Å². The summed E-state index contributed by atoms with van der Waals surface area (Å²) in [4.78, 5) is 36.6. The van der Waals surface area contributed by atoms with E-state index >= 15 is 0 Å². The molecule has 2 aromatic carbocycles. The molecule has 0 atom stereocenters. The number of carbonyl (C=O) groups excluding carboxylic acids is 3. The Balaban J connectivity index is 1.67. The average Bonchev–Trinajstić information content (AvgIpc) is 2.91. The van der Waals surface area contributed by atoms with Gasteiger partial charge in [0.1, 0.15) is 0 Å². The van der Waals surface area contributed by atoms with Gasteiger partial charge in [-0.05, 0) is 42.3 Å². The molecule has 0 bridgehead atoms. The van der Waals surface area contributed by atoms with Crippen molar-refractivity contribution in [2.24, 2.45) is 0 Å². The van der Waals surface area contributed by atoms with Crippen LogP contribution < -0.4 is 10.6 Å². The first kappa shape index (κ1) is 17.0.